The van der Waals surface area contributed by atoms with Crippen LogP contribution in [0.25, 0.3) is 11.1 Å². The van der Waals surface area contributed by atoms with Crippen molar-refractivity contribution in [2.45, 2.75) is 6.42 Å². The quantitative estimate of drug-likeness (QED) is 0.748. The van der Waals surface area contributed by atoms with Crippen molar-refractivity contribution in [2.24, 2.45) is 0 Å². The Bertz CT molecular complexity index is 744. The molecule has 0 saturated heterocycles. The molecule has 0 heterocycles. The standard InChI is InChI=1S/C21H28N2O3/c1-22(2)13-14-23(3)12-11-16-15-17(21(24)25)9-10-18(16)19-7-5-6-8-20(19)26-4/h5-10,15H,11-14H2,1-4H3,(H,24,25). The van der Waals surface area contributed by atoms with Crippen molar-refractivity contribution in [1.82, 2.24) is 9.80 Å². The number of aromatic carboxylic acids is 1. The normalized spacial score (nSPS) is 11.2. The van der Waals surface area contributed by atoms with E-state index in [1.54, 1.807) is 19.2 Å². The highest BCUT2D eigenvalue weighted by molar-refractivity contribution is 5.89. The van der Waals surface area contributed by atoms with Gasteiger partial charge in [0.25, 0.3) is 0 Å². The largest absolute Gasteiger partial charge is 0.496 e. The molecule has 2 aromatic carbocycles. The summed E-state index contributed by atoms with van der Waals surface area (Å²) in [6.45, 7) is 2.82. The lowest BCUT2D eigenvalue weighted by molar-refractivity contribution is 0.0697. The van der Waals surface area contributed by atoms with Crippen LogP contribution in [0.1, 0.15) is 15.9 Å². The van der Waals surface area contributed by atoms with Gasteiger partial charge in [0.1, 0.15) is 5.75 Å². The third-order valence-corrected chi connectivity index (χ3v) is 4.44. The first-order chi connectivity index (χ1) is 12.4. The molecule has 0 amide bonds. The number of rotatable bonds is 9. The first-order valence-corrected chi connectivity index (χ1v) is 8.75. The van der Waals surface area contributed by atoms with E-state index in [4.69, 9.17) is 4.74 Å². The zero-order valence-electron chi connectivity index (χ0n) is 16.0. The molecule has 2 aromatic rings. The van der Waals surface area contributed by atoms with Crippen LogP contribution in [0.2, 0.25) is 0 Å². The SMILES string of the molecule is COc1ccccc1-c1ccc(C(=O)O)cc1CCN(C)CCN(C)C. The van der Waals surface area contributed by atoms with Gasteiger partial charge in [-0.05, 0) is 56.9 Å². The third-order valence-electron chi connectivity index (χ3n) is 4.44. The highest BCUT2D eigenvalue weighted by Gasteiger charge is 2.14. The number of likely N-dealkylation sites (N-methyl/N-ethyl adjacent to an activating group) is 2. The fourth-order valence-electron chi connectivity index (χ4n) is 2.86. The maximum absolute atomic E-state index is 11.4. The summed E-state index contributed by atoms with van der Waals surface area (Å²) < 4.78 is 5.49. The number of ether oxygens (including phenoxy) is 1. The molecule has 0 unspecified atom stereocenters. The van der Waals surface area contributed by atoms with Gasteiger partial charge < -0.3 is 19.6 Å². The molecular weight excluding hydrogens is 328 g/mol. The van der Waals surface area contributed by atoms with Crippen LogP contribution in [0.3, 0.4) is 0 Å². The van der Waals surface area contributed by atoms with Crippen LogP contribution >= 0.6 is 0 Å². The number of benzene rings is 2. The Morgan fingerprint density at radius 3 is 2.38 bits per heavy atom. The first kappa shape index (κ1) is 19.9. The van der Waals surface area contributed by atoms with Gasteiger partial charge in [-0.2, -0.15) is 0 Å². The minimum Gasteiger partial charge on any atom is -0.496 e. The van der Waals surface area contributed by atoms with Crippen molar-refractivity contribution in [3.63, 3.8) is 0 Å². The lowest BCUT2D eigenvalue weighted by Crippen LogP contribution is -2.30. The number of carboxylic acid groups (broad SMARTS) is 1. The third kappa shape index (κ3) is 5.31. The molecule has 0 aliphatic rings. The van der Waals surface area contributed by atoms with Crippen LogP contribution in [0, 0.1) is 0 Å². The van der Waals surface area contributed by atoms with Crippen LogP contribution in [-0.4, -0.2) is 68.8 Å². The molecule has 0 spiro atoms. The van der Waals surface area contributed by atoms with Gasteiger partial charge in [0, 0.05) is 25.2 Å². The van der Waals surface area contributed by atoms with E-state index < -0.39 is 5.97 Å². The van der Waals surface area contributed by atoms with E-state index in [2.05, 4.69) is 30.9 Å². The summed E-state index contributed by atoms with van der Waals surface area (Å²) in [6, 6.07) is 13.2. The van der Waals surface area contributed by atoms with E-state index in [0.29, 0.717) is 5.56 Å². The average molecular weight is 356 g/mol. The van der Waals surface area contributed by atoms with Gasteiger partial charge in [0.15, 0.2) is 0 Å². The Labute approximate surface area is 155 Å². The van der Waals surface area contributed by atoms with Gasteiger partial charge in [-0.15, -0.1) is 0 Å². The molecular formula is C21H28N2O3. The van der Waals surface area contributed by atoms with E-state index in [1.165, 1.54) is 0 Å². The fraction of sp³-hybridized carbons (Fsp3) is 0.381. The molecule has 0 saturated carbocycles. The summed E-state index contributed by atoms with van der Waals surface area (Å²) >= 11 is 0. The Kier molecular flexibility index (Phi) is 7.18. The molecule has 2 rings (SSSR count). The topological polar surface area (TPSA) is 53.0 Å². The number of carboxylic acids is 1. The Hall–Kier alpha value is -2.37. The molecule has 0 aromatic heterocycles. The lowest BCUT2D eigenvalue weighted by atomic mass is 9.94. The molecule has 0 aliphatic carbocycles. The van der Waals surface area contributed by atoms with Crippen molar-refractivity contribution >= 4 is 5.97 Å². The predicted octanol–water partition coefficient (Wildman–Crippen LogP) is 3.10. The summed E-state index contributed by atoms with van der Waals surface area (Å²) in [5.41, 5.74) is 3.34. The zero-order chi connectivity index (χ0) is 19.1. The smallest absolute Gasteiger partial charge is 0.335 e. The average Bonchev–Trinajstić information content (AvgIpc) is 2.64. The van der Waals surface area contributed by atoms with Crippen LogP contribution in [0.5, 0.6) is 5.75 Å². The second-order valence-corrected chi connectivity index (χ2v) is 6.73. The van der Waals surface area contributed by atoms with Crippen molar-refractivity contribution in [3.8, 4) is 16.9 Å². The summed E-state index contributed by atoms with van der Waals surface area (Å²) in [4.78, 5) is 15.8. The summed E-state index contributed by atoms with van der Waals surface area (Å²) in [7, 11) is 7.86. The Morgan fingerprint density at radius 2 is 1.73 bits per heavy atom. The number of hydrogen-bond acceptors (Lipinski definition) is 4. The second-order valence-electron chi connectivity index (χ2n) is 6.73. The van der Waals surface area contributed by atoms with Gasteiger partial charge >= 0.3 is 5.97 Å². The second kappa shape index (κ2) is 9.36. The molecule has 0 atom stereocenters. The highest BCUT2D eigenvalue weighted by Crippen LogP contribution is 2.33. The van der Waals surface area contributed by atoms with E-state index in [0.717, 1.165) is 48.5 Å². The number of methoxy groups -OCH3 is 1. The molecule has 0 fully saturated rings. The number of hydrogen-bond donors (Lipinski definition) is 1. The first-order valence-electron chi connectivity index (χ1n) is 8.75. The molecule has 140 valence electrons. The van der Waals surface area contributed by atoms with Gasteiger partial charge in [-0.3, -0.25) is 0 Å². The van der Waals surface area contributed by atoms with Gasteiger partial charge in [0.05, 0.1) is 12.7 Å². The molecule has 0 bridgehead atoms. The number of nitrogens with zero attached hydrogens (tertiary/aromatic N) is 2. The van der Waals surface area contributed by atoms with Crippen molar-refractivity contribution in [3.05, 3.63) is 53.6 Å². The van der Waals surface area contributed by atoms with E-state index in [1.807, 2.05) is 30.3 Å². The molecule has 5 nitrogen and oxygen atoms in total. The van der Waals surface area contributed by atoms with Crippen LogP contribution < -0.4 is 4.74 Å². The van der Waals surface area contributed by atoms with E-state index >= 15 is 0 Å². The molecule has 5 heteroatoms. The van der Waals surface area contributed by atoms with Crippen LogP contribution in [0.4, 0.5) is 0 Å². The maximum atomic E-state index is 11.4. The predicted molar refractivity (Wildman–Crippen MR) is 105 cm³/mol. The molecule has 1 N–H and O–H groups in total. The van der Waals surface area contributed by atoms with Gasteiger partial charge in [-0.1, -0.05) is 24.3 Å². The number of carbonyl (C=O) groups is 1. The van der Waals surface area contributed by atoms with E-state index in [9.17, 15) is 9.90 Å². The summed E-state index contributed by atoms with van der Waals surface area (Å²) in [5.74, 6) is -0.114. The summed E-state index contributed by atoms with van der Waals surface area (Å²) in [5, 5.41) is 9.35. The fourth-order valence-corrected chi connectivity index (χ4v) is 2.86. The Morgan fingerprint density at radius 1 is 1.00 bits per heavy atom. The minimum atomic E-state index is -0.904. The lowest BCUT2D eigenvalue weighted by Gasteiger charge is -2.20. The highest BCUT2D eigenvalue weighted by atomic mass is 16.5. The minimum absolute atomic E-state index is 0.314. The van der Waals surface area contributed by atoms with Crippen molar-refractivity contribution in [1.29, 1.82) is 0 Å². The van der Waals surface area contributed by atoms with Crippen LogP contribution in [-0.2, 0) is 6.42 Å². The monoisotopic (exact) mass is 356 g/mol. The molecule has 0 radical (unpaired) electrons. The summed E-state index contributed by atoms with van der Waals surface area (Å²) in [6.07, 6.45) is 0.776. The Balaban J connectivity index is 2.29. The maximum Gasteiger partial charge on any atom is 0.335 e. The van der Waals surface area contributed by atoms with Crippen LogP contribution in [0.15, 0.2) is 42.5 Å². The molecule has 26 heavy (non-hydrogen) atoms. The van der Waals surface area contributed by atoms with Crippen molar-refractivity contribution in [2.75, 3.05) is 47.9 Å². The van der Waals surface area contributed by atoms with Gasteiger partial charge in [0.2, 0.25) is 0 Å². The van der Waals surface area contributed by atoms with E-state index in [-0.39, 0.29) is 0 Å². The van der Waals surface area contributed by atoms with Gasteiger partial charge in [-0.25, -0.2) is 4.79 Å². The van der Waals surface area contributed by atoms with Crippen molar-refractivity contribution < 1.29 is 14.6 Å². The molecule has 0 aliphatic heterocycles. The zero-order valence-corrected chi connectivity index (χ0v) is 16.0. The number of para-hydroxylation sites is 1.